The number of thiol groups is 5. The second kappa shape index (κ2) is 64.1. The molecule has 1 aromatic rings. The summed E-state index contributed by atoms with van der Waals surface area (Å²) < 4.78 is 0.340. The topological polar surface area (TPSA) is 775 Å². The Morgan fingerprint density at radius 1 is 0.604 bits per heavy atom. The number of amides is 5. The van der Waals surface area contributed by atoms with Crippen molar-refractivity contribution in [1.82, 2.24) is 41.5 Å². The van der Waals surface area contributed by atoms with E-state index in [0.717, 1.165) is 11.0 Å². The number of carboxylic acid groups (broad SMARTS) is 10. The third kappa shape index (κ3) is 64.2. The van der Waals surface area contributed by atoms with Crippen LogP contribution in [0.5, 0.6) is 0 Å². The van der Waals surface area contributed by atoms with Gasteiger partial charge in [-0.3, -0.25) is 53.5 Å². The molecule has 612 valence electrons. The van der Waals surface area contributed by atoms with Crippen molar-refractivity contribution in [2.45, 2.75) is 173 Å². The van der Waals surface area contributed by atoms with E-state index in [1.54, 1.807) is 51.8 Å². The summed E-state index contributed by atoms with van der Waals surface area (Å²) in [4.78, 5) is 170. The van der Waals surface area contributed by atoms with Crippen LogP contribution >= 0.6 is 63.1 Å². The zero-order chi connectivity index (χ0) is 84.5. The van der Waals surface area contributed by atoms with E-state index in [0.29, 0.717) is 58.3 Å². The molecule has 0 radical (unpaired) electrons. The first-order valence-corrected chi connectivity index (χ1v) is 37.4. The van der Waals surface area contributed by atoms with Crippen LogP contribution in [0.2, 0.25) is 16.5 Å². The van der Waals surface area contributed by atoms with Crippen LogP contribution in [0.1, 0.15) is 79.3 Å². The van der Waals surface area contributed by atoms with E-state index in [1.165, 1.54) is 20.2 Å². The van der Waals surface area contributed by atoms with E-state index < -0.39 is 154 Å². The molecule has 0 aliphatic carbocycles. The summed E-state index contributed by atoms with van der Waals surface area (Å²) in [5, 5.41) is 109. The van der Waals surface area contributed by atoms with Gasteiger partial charge in [-0.25, -0.2) is 29.2 Å². The predicted molar refractivity (Wildman–Crippen MR) is 406 cm³/mol. The summed E-state index contributed by atoms with van der Waals surface area (Å²) in [7, 11) is 1.80. The summed E-state index contributed by atoms with van der Waals surface area (Å²) in [5.74, 6) is -11.6. The SMILES string of the molecule is CC(=O)NC(C(=O)O)C(C)(C)S.CC(=O)NC(CS)C(=O)O.CC(C)(S)C(N)C(=O)O.C[Se]CCC(N)C(=O)O.Cn1cncc1CC(NC(O)CCCN)C(=O)O.NC(CS)C(=O)O.NC(C[SeH])C(=O)O.NCCC(=O)N[C@H](CC1=NC=NC1)C(=O)O.N[C@H](C(=O)O)C(=O)NC(CS)C(=O)NCC(=O)O. The van der Waals surface area contributed by atoms with Crippen molar-refractivity contribution in [1.29, 1.82) is 0 Å². The van der Waals surface area contributed by atoms with Crippen LogP contribution in [0.4, 0.5) is 0 Å². The number of carboxylic acids is 10. The minimum absolute atomic E-state index is 0.106. The number of nitrogens with one attached hydrogen (secondary N) is 6. The van der Waals surface area contributed by atoms with Gasteiger partial charge in [0.15, 0.2) is 6.04 Å². The molecule has 0 spiro atoms. The Hall–Kier alpha value is -6.97. The second-order valence-electron chi connectivity index (χ2n) is 22.1. The number of hydrogen-bond donors (Lipinski definition) is 29. The monoisotopic (exact) mass is 1750 g/mol. The number of imidazole rings is 1. The van der Waals surface area contributed by atoms with E-state index >= 15 is 0 Å². The van der Waals surface area contributed by atoms with Crippen molar-refractivity contribution in [2.75, 3.05) is 43.4 Å². The average Bonchev–Trinajstić information content (AvgIpc) is 1.89. The van der Waals surface area contributed by atoms with E-state index in [9.17, 15) is 77.0 Å². The Morgan fingerprint density at radius 2 is 1.10 bits per heavy atom. The first kappa shape index (κ1) is 112. The van der Waals surface area contributed by atoms with Gasteiger partial charge in [0.1, 0.15) is 61.4 Å². The predicted octanol–water partition coefficient (Wildman–Crippen LogP) is -7.25. The van der Waals surface area contributed by atoms with Crippen LogP contribution in [-0.4, -0.2) is 318 Å². The molecule has 0 saturated heterocycles. The Labute approximate surface area is 652 Å². The number of aliphatic imine (C=N–C) groups is 2. The number of hydrogen-bond acceptors (Lipinski definition) is 32. The molecule has 2 rings (SSSR count). The van der Waals surface area contributed by atoms with Gasteiger partial charge in [0.2, 0.25) is 29.5 Å². The second-order valence-corrected chi connectivity index (χ2v) is 28.3. The number of aromatic nitrogens is 2. The van der Waals surface area contributed by atoms with Gasteiger partial charge in [-0.1, -0.05) is 0 Å². The van der Waals surface area contributed by atoms with Crippen LogP contribution in [0.25, 0.3) is 0 Å². The summed E-state index contributed by atoms with van der Waals surface area (Å²) in [6.45, 7) is 9.56. The number of rotatable bonds is 37. The number of aryl methyl sites for hydroxylation is 1. The number of carbonyl (C=O) groups is 15. The third-order valence-corrected chi connectivity index (χ3v) is 15.5. The zero-order valence-corrected chi connectivity index (χ0v) is 67.2. The van der Waals surface area contributed by atoms with E-state index in [1.807, 2.05) is 10.6 Å². The van der Waals surface area contributed by atoms with Gasteiger partial charge in [-0.2, -0.15) is 63.1 Å². The van der Waals surface area contributed by atoms with Crippen LogP contribution in [0.3, 0.4) is 0 Å². The molecule has 31 N–H and O–H groups in total. The molecule has 0 aromatic carbocycles. The van der Waals surface area contributed by atoms with Crippen molar-refractivity contribution in [3.05, 3.63) is 18.2 Å². The van der Waals surface area contributed by atoms with Gasteiger partial charge >= 0.3 is 157 Å². The standard InChI is InChI=1S/C11H20N4O3.C9H14N4O3.C8H13N3O6S.C7H13NO3S.C5H9NO3S.C5H11NO2S.C5H11NO2Se.C3H7NO2S.C3H7NO2Se/c1-15-7-13-6-8(15)5-9(11(17)18)14-10(16)3-2-4-12;10-2-1-8(14)13-7(9(15)16)3-6-4-11-5-12-6;9-5(8(16)17)7(15)11-3(2-18)6(14)10-1-4(12)13;1-4(9)8-5(6(10)11)7(2,3)12;1-3(7)6-4(2-10)5(8)9;1-5(2,9)3(6)4(7)8;1-9-3-2-4(6)5(7)8;2*4-2(1-7)3(5)6/h6-7,9-10,14,16H,2-5,12H2,1H3,(H,17,18);5,7H,1-4,10H2,(H,13,14)(H,15,16);3,5,18H,1-2,9H2,(H,10,14)(H,11,15)(H,12,13)(H,16,17);5,12H,1-3H3,(H,8,9)(H,10,11);4,10H,2H2,1H3,(H,6,7)(H,8,9);3,9H,6H2,1-2H3,(H,7,8);4H,2-3,6H2,1H3,(H,7,8);2*2,7H,1,4H2,(H,5,6)/t;7-;3?,5-;;;;;;/m.10....../s1. The summed E-state index contributed by atoms with van der Waals surface area (Å²) >= 11 is 21.9. The number of nitrogens with zero attached hydrogens (tertiary/aromatic N) is 4. The molecule has 0 saturated carbocycles. The van der Waals surface area contributed by atoms with Crippen LogP contribution in [-0.2, 0) is 85.4 Å². The molecular formula is C56H105N17O26S5Se2. The molecule has 43 nitrogen and oxygen atoms in total. The molecule has 9 unspecified atom stereocenters. The molecule has 1 aromatic heterocycles. The van der Waals surface area contributed by atoms with Crippen molar-refractivity contribution in [3.8, 4) is 0 Å². The number of nitrogens with two attached hydrogens (primary N) is 7. The summed E-state index contributed by atoms with van der Waals surface area (Å²) in [6.07, 6.45) is 6.01. The smallest absolute Gasteiger partial charge is 0.330 e. The molecule has 2 heterocycles. The fourth-order valence-corrected chi connectivity index (χ4v) is 8.05. The maximum Gasteiger partial charge on any atom is 0.330 e. The Bertz CT molecular complexity index is 2920. The zero-order valence-electron chi connectivity index (χ0n) is 59.2. The maximum atomic E-state index is 11.4. The first-order chi connectivity index (χ1) is 48.7. The van der Waals surface area contributed by atoms with Crippen LogP contribution < -0.4 is 72.0 Å². The molecule has 0 fully saturated rings. The van der Waals surface area contributed by atoms with Crippen LogP contribution in [0, 0.1) is 0 Å². The van der Waals surface area contributed by atoms with E-state index in [2.05, 4.69) is 121 Å². The maximum absolute atomic E-state index is 11.4. The Balaban J connectivity index is -0.000000212. The molecule has 1 aliphatic heterocycles. The van der Waals surface area contributed by atoms with E-state index in [4.69, 9.17) is 91.2 Å². The van der Waals surface area contributed by atoms with Crippen LogP contribution in [0.15, 0.2) is 22.5 Å². The van der Waals surface area contributed by atoms with Crippen molar-refractivity contribution >= 4 is 195 Å². The van der Waals surface area contributed by atoms with Gasteiger partial charge in [-0.05, 0) is 47.1 Å². The van der Waals surface area contributed by atoms with Gasteiger partial charge in [0, 0.05) is 91.1 Å². The number of carbonyl (C=O) groups excluding carboxylic acids is 5. The minimum atomic E-state index is -1.81. The molecule has 50 heteroatoms. The van der Waals surface area contributed by atoms with Gasteiger partial charge in [-0.15, -0.1) is 0 Å². The van der Waals surface area contributed by atoms with Crippen molar-refractivity contribution < 1.29 is 128 Å². The quantitative estimate of drug-likeness (QED) is 0.0127. The molecule has 106 heavy (non-hydrogen) atoms. The van der Waals surface area contributed by atoms with E-state index in [-0.39, 0.29) is 60.8 Å². The summed E-state index contributed by atoms with van der Waals surface area (Å²) in [5.41, 5.74) is 37.4. The largest absolute Gasteiger partial charge is 0.480 e. The Kier molecular flexibility index (Phi) is 67.9. The number of aliphatic carboxylic acids is 10. The van der Waals surface area contributed by atoms with Crippen molar-refractivity contribution in [3.63, 3.8) is 0 Å². The number of aliphatic hydroxyl groups excluding tert-OH is 1. The fourth-order valence-electron chi connectivity index (χ4n) is 5.75. The fraction of sp³-hybridized carbons (Fsp3) is 0.643. The van der Waals surface area contributed by atoms with Gasteiger partial charge in [0.25, 0.3) is 0 Å². The van der Waals surface area contributed by atoms with Gasteiger partial charge in [0.05, 0.1) is 12.9 Å². The third-order valence-electron chi connectivity index (χ3n) is 11.7. The Morgan fingerprint density at radius 3 is 1.38 bits per heavy atom. The molecule has 0 bridgehead atoms. The molecule has 5 amide bonds. The average molecular weight is 1750 g/mol. The normalized spacial score (nSPS) is 13.9. The van der Waals surface area contributed by atoms with Crippen molar-refractivity contribution in [2.24, 2.45) is 57.2 Å². The summed E-state index contributed by atoms with van der Waals surface area (Å²) in [6, 6.07) is -9.67. The number of aliphatic hydroxyl groups is 1. The molecule has 11 atom stereocenters. The minimum Gasteiger partial charge on any atom is -0.480 e. The van der Waals surface area contributed by atoms with Gasteiger partial charge < -0.3 is 106 Å². The molecular weight excluding hydrogens is 1640 g/mol. The molecule has 1 aliphatic rings. The first-order valence-electron chi connectivity index (χ1n) is 30.4.